The van der Waals surface area contributed by atoms with E-state index >= 15 is 0 Å². The van der Waals surface area contributed by atoms with Gasteiger partial charge in [-0.25, -0.2) is 0 Å². The van der Waals surface area contributed by atoms with Gasteiger partial charge in [0.15, 0.2) is 0 Å². The molecule has 0 aliphatic heterocycles. The molecule has 0 aliphatic rings. The van der Waals surface area contributed by atoms with Crippen molar-refractivity contribution in [3.63, 3.8) is 0 Å². The number of H-pyrrole nitrogens is 1. The summed E-state index contributed by atoms with van der Waals surface area (Å²) in [7, 11) is 0. The van der Waals surface area contributed by atoms with Crippen LogP contribution in [0.1, 0.15) is 31.3 Å². The number of nitro groups is 1. The molecule has 0 amide bonds. The average Bonchev–Trinajstić information content (AvgIpc) is 2.91. The Kier molecular flexibility index (Phi) is 4.10. The summed E-state index contributed by atoms with van der Waals surface area (Å²) in [4.78, 5) is 27.4. The predicted molar refractivity (Wildman–Crippen MR) is 94.4 cm³/mol. The smallest absolute Gasteiger partial charge is 0.395 e. The lowest BCUT2D eigenvalue weighted by atomic mass is 10.1. The zero-order valence-electron chi connectivity index (χ0n) is 13.6. The molecule has 3 rings (SSSR count). The predicted octanol–water partition coefficient (Wildman–Crippen LogP) is 3.09. The normalized spacial score (nSPS) is 11.6. The van der Waals surface area contributed by atoms with Crippen LogP contribution in [0.2, 0.25) is 0 Å². The molecule has 0 saturated carbocycles. The molecular formula is C17H16N4O4. The van der Waals surface area contributed by atoms with Gasteiger partial charge in [0.1, 0.15) is 5.82 Å². The van der Waals surface area contributed by atoms with E-state index in [2.05, 4.69) is 28.4 Å². The second kappa shape index (κ2) is 6.23. The van der Waals surface area contributed by atoms with Crippen LogP contribution in [0.4, 0.5) is 5.69 Å². The van der Waals surface area contributed by atoms with E-state index in [-0.39, 0.29) is 11.9 Å². The number of benzene rings is 1. The van der Waals surface area contributed by atoms with E-state index in [0.717, 1.165) is 16.5 Å². The molecule has 0 fully saturated rings. The third-order valence-electron chi connectivity index (χ3n) is 3.83. The van der Waals surface area contributed by atoms with Crippen molar-refractivity contribution in [2.24, 2.45) is 0 Å². The minimum atomic E-state index is -0.998. The Morgan fingerprint density at radius 1 is 1.32 bits per heavy atom. The molecule has 2 N–H and O–H groups in total. The number of rotatable bonds is 4. The molecule has 0 bridgehead atoms. The molecule has 25 heavy (non-hydrogen) atoms. The highest BCUT2D eigenvalue weighted by atomic mass is 16.6. The van der Waals surface area contributed by atoms with Crippen molar-refractivity contribution < 1.29 is 10.0 Å². The van der Waals surface area contributed by atoms with Crippen LogP contribution in [0.15, 0.2) is 35.3 Å². The highest BCUT2D eigenvalue weighted by Crippen LogP contribution is 2.26. The maximum absolute atomic E-state index is 11.7. The summed E-state index contributed by atoms with van der Waals surface area (Å²) in [5.41, 5.74) is 0.0188. The van der Waals surface area contributed by atoms with Crippen LogP contribution in [0.5, 0.6) is 5.88 Å². The molecule has 0 saturated heterocycles. The van der Waals surface area contributed by atoms with Gasteiger partial charge in [0.05, 0.1) is 4.92 Å². The molecule has 0 unspecified atom stereocenters. The fourth-order valence-corrected chi connectivity index (χ4v) is 2.68. The Morgan fingerprint density at radius 2 is 2.04 bits per heavy atom. The molecule has 0 atom stereocenters. The summed E-state index contributed by atoms with van der Waals surface area (Å²) in [5, 5.41) is 21.3. The molecular weight excluding hydrogens is 324 g/mol. The van der Waals surface area contributed by atoms with Gasteiger partial charge in [-0.3, -0.25) is 14.9 Å². The van der Waals surface area contributed by atoms with Crippen molar-refractivity contribution in [1.29, 1.82) is 0 Å². The standard InChI is InChI=1S/C17H16N4O4/c1-10(2)20-9-11(12-5-3-4-6-13(12)20)7-8-14-18-16(22)15(21(24)25)17(23)19-14/h3-10H,1-2H3,(H2,18,19,22,23)/b8-7+. The van der Waals surface area contributed by atoms with Crippen LogP contribution in [0.3, 0.4) is 0 Å². The van der Waals surface area contributed by atoms with Gasteiger partial charge in [-0.2, -0.15) is 4.98 Å². The van der Waals surface area contributed by atoms with E-state index < -0.39 is 22.0 Å². The number of hydrogen-bond donors (Lipinski definition) is 2. The molecule has 0 spiro atoms. The largest absolute Gasteiger partial charge is 0.488 e. The average molecular weight is 340 g/mol. The molecule has 0 radical (unpaired) electrons. The number of nitrogens with one attached hydrogen (secondary N) is 1. The second-order valence-corrected chi connectivity index (χ2v) is 5.82. The van der Waals surface area contributed by atoms with Crippen molar-refractivity contribution in [2.75, 3.05) is 0 Å². The first kappa shape index (κ1) is 16.4. The summed E-state index contributed by atoms with van der Waals surface area (Å²) >= 11 is 0. The monoisotopic (exact) mass is 340 g/mol. The summed E-state index contributed by atoms with van der Waals surface area (Å²) in [5.74, 6) is -0.868. The SMILES string of the molecule is CC(C)n1cc(/C=C/c2nc(O)c([N+](=O)[O-])c(=O)[nH]2)c2ccccc21. The minimum absolute atomic E-state index is 0.0366. The zero-order chi connectivity index (χ0) is 18.1. The molecule has 1 aromatic carbocycles. The number of hydrogen-bond acceptors (Lipinski definition) is 5. The third kappa shape index (κ3) is 3.01. The highest BCUT2D eigenvalue weighted by Gasteiger charge is 2.21. The Balaban J connectivity index is 2.05. The van der Waals surface area contributed by atoms with Gasteiger partial charge in [-0.15, -0.1) is 0 Å². The highest BCUT2D eigenvalue weighted by molar-refractivity contribution is 5.91. The van der Waals surface area contributed by atoms with Crippen LogP contribution in [-0.2, 0) is 0 Å². The lowest BCUT2D eigenvalue weighted by Gasteiger charge is -2.08. The number of nitrogens with zero attached hydrogens (tertiary/aromatic N) is 3. The Hall–Kier alpha value is -3.42. The van der Waals surface area contributed by atoms with Crippen molar-refractivity contribution in [3.8, 4) is 5.88 Å². The maximum atomic E-state index is 11.7. The van der Waals surface area contributed by atoms with E-state index in [1.807, 2.05) is 30.5 Å². The quantitative estimate of drug-likeness (QED) is 0.559. The number of aromatic hydroxyl groups is 1. The van der Waals surface area contributed by atoms with Crippen molar-refractivity contribution in [1.82, 2.24) is 14.5 Å². The van der Waals surface area contributed by atoms with E-state index in [1.54, 1.807) is 6.08 Å². The van der Waals surface area contributed by atoms with Crippen LogP contribution >= 0.6 is 0 Å². The Labute approximate surface area is 142 Å². The second-order valence-electron chi connectivity index (χ2n) is 5.82. The molecule has 3 aromatic rings. The van der Waals surface area contributed by atoms with Gasteiger partial charge in [-0.1, -0.05) is 18.2 Å². The van der Waals surface area contributed by atoms with Gasteiger partial charge in [0.2, 0.25) is 0 Å². The van der Waals surface area contributed by atoms with Crippen LogP contribution in [0.25, 0.3) is 23.1 Å². The lowest BCUT2D eigenvalue weighted by Crippen LogP contribution is -2.14. The van der Waals surface area contributed by atoms with E-state index in [1.165, 1.54) is 6.08 Å². The first-order chi connectivity index (χ1) is 11.9. The summed E-state index contributed by atoms with van der Waals surface area (Å²) < 4.78 is 2.12. The summed E-state index contributed by atoms with van der Waals surface area (Å²) in [6.07, 6.45) is 5.22. The van der Waals surface area contributed by atoms with Gasteiger partial charge in [0.25, 0.3) is 5.88 Å². The van der Waals surface area contributed by atoms with Gasteiger partial charge >= 0.3 is 11.2 Å². The first-order valence-electron chi connectivity index (χ1n) is 7.64. The molecule has 8 heteroatoms. The fourth-order valence-electron chi connectivity index (χ4n) is 2.68. The van der Waals surface area contributed by atoms with Crippen LogP contribution in [-0.4, -0.2) is 24.6 Å². The van der Waals surface area contributed by atoms with E-state index in [9.17, 15) is 20.0 Å². The fraction of sp³-hybridized carbons (Fsp3) is 0.176. The van der Waals surface area contributed by atoms with Crippen molar-refractivity contribution >= 4 is 28.7 Å². The Morgan fingerprint density at radius 3 is 2.68 bits per heavy atom. The summed E-state index contributed by atoms with van der Waals surface area (Å²) in [6.45, 7) is 4.15. The van der Waals surface area contributed by atoms with Crippen LogP contribution in [0, 0.1) is 10.1 Å². The van der Waals surface area contributed by atoms with E-state index in [4.69, 9.17) is 0 Å². The third-order valence-corrected chi connectivity index (χ3v) is 3.83. The number of fused-ring (bicyclic) bond motifs is 1. The summed E-state index contributed by atoms with van der Waals surface area (Å²) in [6, 6.07) is 8.17. The number of aromatic nitrogens is 3. The zero-order valence-corrected chi connectivity index (χ0v) is 13.6. The molecule has 128 valence electrons. The van der Waals surface area contributed by atoms with Gasteiger partial charge in [-0.05, 0) is 32.1 Å². The van der Waals surface area contributed by atoms with Crippen molar-refractivity contribution in [2.45, 2.75) is 19.9 Å². The molecule has 0 aliphatic carbocycles. The van der Waals surface area contributed by atoms with Crippen molar-refractivity contribution in [3.05, 3.63) is 62.3 Å². The molecule has 2 aromatic heterocycles. The Bertz CT molecular complexity index is 1050. The minimum Gasteiger partial charge on any atom is -0.488 e. The topological polar surface area (TPSA) is 114 Å². The molecule has 8 nitrogen and oxygen atoms in total. The van der Waals surface area contributed by atoms with Gasteiger partial charge in [0, 0.05) is 28.7 Å². The maximum Gasteiger partial charge on any atom is 0.395 e. The lowest BCUT2D eigenvalue weighted by molar-refractivity contribution is -0.387. The van der Waals surface area contributed by atoms with Gasteiger partial charge < -0.3 is 14.7 Å². The molecule has 2 heterocycles. The number of para-hydroxylation sites is 1. The first-order valence-corrected chi connectivity index (χ1v) is 7.64. The van der Waals surface area contributed by atoms with E-state index in [0.29, 0.717) is 0 Å². The number of aromatic amines is 1. The van der Waals surface area contributed by atoms with Crippen LogP contribution < -0.4 is 5.56 Å².